The molecule has 0 spiro atoms. The molecule has 0 saturated carbocycles. The Hall–Kier alpha value is -1.19. The fourth-order valence-corrected chi connectivity index (χ4v) is 6.32. The van der Waals surface area contributed by atoms with Gasteiger partial charge in [0.25, 0.3) is 5.19 Å². The number of hydrogen-bond donors (Lipinski definition) is 0. The SMILES string of the molecule is O=S(=O)(c1cccc(Cl)c1)N1CCC(N2CCC(Oc3nccs3)CC2)CC1. The highest BCUT2D eigenvalue weighted by molar-refractivity contribution is 7.89. The lowest BCUT2D eigenvalue weighted by Crippen LogP contribution is -2.50. The highest BCUT2D eigenvalue weighted by Crippen LogP contribution is 2.27. The highest BCUT2D eigenvalue weighted by Gasteiger charge is 2.33. The van der Waals surface area contributed by atoms with Crippen LogP contribution in [0.2, 0.25) is 5.02 Å². The summed E-state index contributed by atoms with van der Waals surface area (Å²) in [6, 6.07) is 6.94. The minimum Gasteiger partial charge on any atom is -0.467 e. The van der Waals surface area contributed by atoms with E-state index in [1.807, 2.05) is 5.38 Å². The van der Waals surface area contributed by atoms with Crippen LogP contribution in [0.1, 0.15) is 25.7 Å². The first-order chi connectivity index (χ1) is 13.5. The molecular weight excluding hydrogens is 418 g/mol. The summed E-state index contributed by atoms with van der Waals surface area (Å²) in [5.41, 5.74) is 0. The largest absolute Gasteiger partial charge is 0.467 e. The van der Waals surface area contributed by atoms with E-state index in [0.29, 0.717) is 24.2 Å². The van der Waals surface area contributed by atoms with E-state index in [1.165, 1.54) is 17.4 Å². The summed E-state index contributed by atoms with van der Waals surface area (Å²) in [6.07, 6.45) is 5.68. The topological polar surface area (TPSA) is 62.7 Å². The molecule has 2 aromatic rings. The Morgan fingerprint density at radius 2 is 1.86 bits per heavy atom. The van der Waals surface area contributed by atoms with E-state index < -0.39 is 10.0 Å². The zero-order chi connectivity index (χ0) is 19.6. The number of likely N-dealkylation sites (tertiary alicyclic amines) is 1. The van der Waals surface area contributed by atoms with Gasteiger partial charge in [0, 0.05) is 48.8 Å². The molecule has 0 aliphatic carbocycles. The first-order valence-electron chi connectivity index (χ1n) is 9.58. The van der Waals surface area contributed by atoms with Crippen LogP contribution in [0.5, 0.6) is 5.19 Å². The van der Waals surface area contributed by atoms with Gasteiger partial charge in [-0.3, -0.25) is 0 Å². The second kappa shape index (κ2) is 8.67. The average Bonchev–Trinajstić information content (AvgIpc) is 3.22. The molecule has 3 heterocycles. The Morgan fingerprint density at radius 3 is 2.50 bits per heavy atom. The molecule has 2 fully saturated rings. The van der Waals surface area contributed by atoms with Crippen LogP contribution in [0, 0.1) is 0 Å². The number of ether oxygens (including phenoxy) is 1. The second-order valence-electron chi connectivity index (χ2n) is 7.24. The molecular formula is C19H24ClN3O3S2. The lowest BCUT2D eigenvalue weighted by atomic mass is 10.00. The molecule has 9 heteroatoms. The number of rotatable bonds is 5. The summed E-state index contributed by atoms with van der Waals surface area (Å²) in [6.45, 7) is 3.08. The molecule has 0 unspecified atom stereocenters. The Bertz CT molecular complexity index is 876. The van der Waals surface area contributed by atoms with Crippen LogP contribution in [0.3, 0.4) is 0 Å². The first kappa shape index (κ1) is 20.1. The van der Waals surface area contributed by atoms with E-state index in [0.717, 1.165) is 44.0 Å². The number of aromatic nitrogens is 1. The van der Waals surface area contributed by atoms with Crippen molar-refractivity contribution in [2.75, 3.05) is 26.2 Å². The van der Waals surface area contributed by atoms with Crippen LogP contribution in [0.25, 0.3) is 0 Å². The van der Waals surface area contributed by atoms with Crippen molar-refractivity contribution in [2.24, 2.45) is 0 Å². The maximum atomic E-state index is 12.8. The summed E-state index contributed by atoms with van der Waals surface area (Å²) in [5.74, 6) is 0. The van der Waals surface area contributed by atoms with Crippen molar-refractivity contribution in [3.8, 4) is 5.19 Å². The Kier molecular flexibility index (Phi) is 6.22. The molecule has 2 aliphatic heterocycles. The van der Waals surface area contributed by atoms with Gasteiger partial charge in [-0.2, -0.15) is 4.31 Å². The summed E-state index contributed by atoms with van der Waals surface area (Å²) in [4.78, 5) is 6.96. The van der Waals surface area contributed by atoms with E-state index in [1.54, 1.807) is 28.7 Å². The van der Waals surface area contributed by atoms with Gasteiger partial charge in [-0.1, -0.05) is 29.0 Å². The number of sulfonamides is 1. The zero-order valence-electron chi connectivity index (χ0n) is 15.5. The Labute approximate surface area is 175 Å². The Balaban J connectivity index is 1.29. The van der Waals surface area contributed by atoms with Crippen LogP contribution < -0.4 is 4.74 Å². The normalized spacial score (nSPS) is 21.0. The van der Waals surface area contributed by atoms with Crippen LogP contribution in [-0.2, 0) is 10.0 Å². The van der Waals surface area contributed by atoms with Crippen molar-refractivity contribution in [1.82, 2.24) is 14.2 Å². The van der Waals surface area contributed by atoms with Crippen molar-refractivity contribution >= 4 is 33.0 Å². The molecule has 4 rings (SSSR count). The third kappa shape index (κ3) is 4.52. The van der Waals surface area contributed by atoms with Crippen molar-refractivity contribution in [3.05, 3.63) is 40.9 Å². The molecule has 0 atom stereocenters. The molecule has 152 valence electrons. The number of thiazole rings is 1. The average molecular weight is 442 g/mol. The van der Waals surface area contributed by atoms with Gasteiger partial charge in [-0.05, 0) is 43.9 Å². The maximum absolute atomic E-state index is 12.8. The van der Waals surface area contributed by atoms with Gasteiger partial charge in [0.1, 0.15) is 6.10 Å². The van der Waals surface area contributed by atoms with Crippen LogP contribution in [0.4, 0.5) is 0 Å². The van der Waals surface area contributed by atoms with E-state index in [4.69, 9.17) is 16.3 Å². The summed E-state index contributed by atoms with van der Waals surface area (Å²) in [5, 5.41) is 3.12. The van der Waals surface area contributed by atoms with E-state index in [-0.39, 0.29) is 11.0 Å². The smallest absolute Gasteiger partial charge is 0.273 e. The third-order valence-corrected chi connectivity index (χ3v) is 8.32. The maximum Gasteiger partial charge on any atom is 0.273 e. The standard InChI is InChI=1S/C19H24ClN3O3S2/c20-15-2-1-3-18(14-15)28(24,25)23-11-4-16(5-12-23)22-9-6-17(7-10-22)26-19-21-8-13-27-19/h1-3,8,13-14,16-17H,4-7,9-12H2. The molecule has 2 saturated heterocycles. The number of halogens is 1. The molecule has 0 bridgehead atoms. The fourth-order valence-electron chi connectivity index (χ4n) is 3.99. The van der Waals surface area contributed by atoms with Crippen LogP contribution >= 0.6 is 22.9 Å². The molecule has 1 aromatic heterocycles. The van der Waals surface area contributed by atoms with Crippen molar-refractivity contribution in [3.63, 3.8) is 0 Å². The fraction of sp³-hybridized carbons (Fsp3) is 0.526. The van der Waals surface area contributed by atoms with Gasteiger partial charge in [0.05, 0.1) is 4.90 Å². The first-order valence-corrected chi connectivity index (χ1v) is 12.3. The summed E-state index contributed by atoms with van der Waals surface area (Å²) < 4.78 is 33.2. The van der Waals surface area contributed by atoms with Gasteiger partial charge < -0.3 is 9.64 Å². The van der Waals surface area contributed by atoms with Gasteiger partial charge in [0.15, 0.2) is 0 Å². The van der Waals surface area contributed by atoms with Crippen molar-refractivity contribution in [2.45, 2.75) is 42.7 Å². The van der Waals surface area contributed by atoms with Crippen molar-refractivity contribution < 1.29 is 13.2 Å². The number of hydrogen-bond acceptors (Lipinski definition) is 6. The predicted molar refractivity (Wildman–Crippen MR) is 111 cm³/mol. The van der Waals surface area contributed by atoms with E-state index in [2.05, 4.69) is 9.88 Å². The number of benzene rings is 1. The molecule has 28 heavy (non-hydrogen) atoms. The number of piperidine rings is 2. The number of nitrogens with zero attached hydrogens (tertiary/aromatic N) is 3. The van der Waals surface area contributed by atoms with Gasteiger partial charge in [0.2, 0.25) is 10.0 Å². The molecule has 0 radical (unpaired) electrons. The minimum absolute atomic E-state index is 0.227. The monoisotopic (exact) mass is 441 g/mol. The Morgan fingerprint density at radius 1 is 1.11 bits per heavy atom. The lowest BCUT2D eigenvalue weighted by Gasteiger charge is -2.41. The highest BCUT2D eigenvalue weighted by atomic mass is 35.5. The minimum atomic E-state index is -3.47. The third-order valence-electron chi connectivity index (χ3n) is 5.53. The zero-order valence-corrected chi connectivity index (χ0v) is 17.9. The summed E-state index contributed by atoms with van der Waals surface area (Å²) in [7, 11) is -3.47. The lowest BCUT2D eigenvalue weighted by molar-refractivity contribution is 0.0584. The molecule has 6 nitrogen and oxygen atoms in total. The molecule has 1 aromatic carbocycles. The molecule has 0 N–H and O–H groups in total. The molecule has 2 aliphatic rings. The van der Waals surface area contributed by atoms with E-state index in [9.17, 15) is 8.42 Å². The van der Waals surface area contributed by atoms with Crippen LogP contribution in [0.15, 0.2) is 40.7 Å². The molecule has 0 amide bonds. The predicted octanol–water partition coefficient (Wildman–Crippen LogP) is 3.49. The quantitative estimate of drug-likeness (QED) is 0.710. The van der Waals surface area contributed by atoms with E-state index >= 15 is 0 Å². The van der Waals surface area contributed by atoms with Gasteiger partial charge >= 0.3 is 0 Å². The van der Waals surface area contributed by atoms with Crippen molar-refractivity contribution in [1.29, 1.82) is 0 Å². The van der Waals surface area contributed by atoms with Crippen LogP contribution in [-0.4, -0.2) is 60.9 Å². The van der Waals surface area contributed by atoms with Gasteiger partial charge in [-0.25, -0.2) is 13.4 Å². The van der Waals surface area contributed by atoms with Gasteiger partial charge in [-0.15, -0.1) is 0 Å². The second-order valence-corrected chi connectivity index (χ2v) is 10.5. The summed E-state index contributed by atoms with van der Waals surface area (Å²) >= 11 is 7.50.